The molecule has 0 bridgehead atoms. The minimum absolute atomic E-state index is 0.0593. The van der Waals surface area contributed by atoms with Gasteiger partial charge in [0.05, 0.1) is 17.5 Å². The molecule has 8 nitrogen and oxygen atoms in total. The lowest BCUT2D eigenvalue weighted by Crippen LogP contribution is -2.25. The second-order valence-corrected chi connectivity index (χ2v) is 6.60. The molecule has 2 heterocycles. The van der Waals surface area contributed by atoms with Crippen molar-refractivity contribution in [3.05, 3.63) is 42.4 Å². The number of nitrogens with one attached hydrogen (secondary N) is 2. The lowest BCUT2D eigenvalue weighted by atomic mass is 10.1. The van der Waals surface area contributed by atoms with Gasteiger partial charge in [0.15, 0.2) is 11.5 Å². The second-order valence-electron chi connectivity index (χ2n) is 6.60. The van der Waals surface area contributed by atoms with Crippen molar-refractivity contribution < 1.29 is 15.0 Å². The van der Waals surface area contributed by atoms with Gasteiger partial charge in [-0.2, -0.15) is 0 Å². The molecular formula is C19H21N5O3. The summed E-state index contributed by atoms with van der Waals surface area (Å²) in [5, 5.41) is 25.3. The minimum Gasteiger partial charge on any atom is -0.507 e. The monoisotopic (exact) mass is 367 g/mol. The number of aliphatic hydroxyl groups excluding tert-OH is 1. The largest absolute Gasteiger partial charge is 0.507 e. The maximum Gasteiger partial charge on any atom is 0.255 e. The third-order valence-corrected chi connectivity index (χ3v) is 4.51. The van der Waals surface area contributed by atoms with E-state index in [1.165, 1.54) is 0 Å². The molecule has 1 saturated carbocycles. The molecule has 4 N–H and O–H groups in total. The summed E-state index contributed by atoms with van der Waals surface area (Å²) in [6, 6.07) is 5.23. The molecule has 140 valence electrons. The number of carbonyl (C=O) groups excluding carboxylic acids is 1. The van der Waals surface area contributed by atoms with Crippen molar-refractivity contribution in [3.8, 4) is 17.0 Å². The predicted octanol–water partition coefficient (Wildman–Crippen LogP) is 1.79. The molecule has 1 fully saturated rings. The van der Waals surface area contributed by atoms with Gasteiger partial charge < -0.3 is 20.8 Å². The molecular weight excluding hydrogens is 346 g/mol. The van der Waals surface area contributed by atoms with Crippen molar-refractivity contribution in [2.75, 3.05) is 18.5 Å². The number of phenols is 1. The number of nitrogens with zero attached hydrogens (tertiary/aromatic N) is 3. The van der Waals surface area contributed by atoms with Crippen molar-refractivity contribution in [2.45, 2.75) is 25.3 Å². The van der Waals surface area contributed by atoms with Crippen LogP contribution in [0.25, 0.3) is 16.9 Å². The van der Waals surface area contributed by atoms with Gasteiger partial charge in [0, 0.05) is 37.2 Å². The third kappa shape index (κ3) is 3.56. The second kappa shape index (κ2) is 7.24. The number of rotatable bonds is 7. The van der Waals surface area contributed by atoms with Crippen LogP contribution < -0.4 is 10.6 Å². The Hall–Kier alpha value is -3.13. The summed E-state index contributed by atoms with van der Waals surface area (Å²) in [7, 11) is 0. The van der Waals surface area contributed by atoms with Gasteiger partial charge >= 0.3 is 0 Å². The summed E-state index contributed by atoms with van der Waals surface area (Å²) in [6.07, 6.45) is 7.77. The van der Waals surface area contributed by atoms with E-state index in [4.69, 9.17) is 5.11 Å². The summed E-state index contributed by atoms with van der Waals surface area (Å²) in [5.74, 6) is 0.317. The zero-order valence-corrected chi connectivity index (χ0v) is 14.7. The van der Waals surface area contributed by atoms with E-state index in [-0.39, 0.29) is 29.9 Å². The smallest absolute Gasteiger partial charge is 0.255 e. The quantitative estimate of drug-likeness (QED) is 0.474. The van der Waals surface area contributed by atoms with Gasteiger partial charge in [-0.15, -0.1) is 0 Å². The number of aromatic nitrogens is 3. The number of benzene rings is 1. The SMILES string of the molecule is O=C(NC1CC1)c1ccc(-c2cnc3c(NCCCO)nccn23)cc1O. The van der Waals surface area contributed by atoms with E-state index in [1.54, 1.807) is 36.8 Å². The van der Waals surface area contributed by atoms with Gasteiger partial charge in [-0.05, 0) is 31.4 Å². The predicted molar refractivity (Wildman–Crippen MR) is 101 cm³/mol. The van der Waals surface area contributed by atoms with Crippen LogP contribution in [-0.4, -0.2) is 49.7 Å². The molecule has 1 aromatic carbocycles. The van der Waals surface area contributed by atoms with Crippen molar-refractivity contribution in [3.63, 3.8) is 0 Å². The molecule has 0 radical (unpaired) electrons. The Morgan fingerprint density at radius 1 is 1.30 bits per heavy atom. The van der Waals surface area contributed by atoms with Crippen LogP contribution in [-0.2, 0) is 0 Å². The maximum absolute atomic E-state index is 12.2. The Morgan fingerprint density at radius 3 is 2.89 bits per heavy atom. The Balaban J connectivity index is 1.63. The number of hydrogen-bond acceptors (Lipinski definition) is 6. The molecule has 8 heteroatoms. The first kappa shape index (κ1) is 17.3. The van der Waals surface area contributed by atoms with Gasteiger partial charge in [-0.25, -0.2) is 9.97 Å². The fourth-order valence-electron chi connectivity index (χ4n) is 2.92. The molecule has 0 aliphatic heterocycles. The first-order chi connectivity index (χ1) is 13.2. The van der Waals surface area contributed by atoms with Crippen molar-refractivity contribution in [1.29, 1.82) is 0 Å². The topological polar surface area (TPSA) is 112 Å². The van der Waals surface area contributed by atoms with E-state index < -0.39 is 0 Å². The molecule has 1 aliphatic rings. The molecule has 2 aromatic heterocycles. The van der Waals surface area contributed by atoms with Crippen LogP contribution in [0, 0.1) is 0 Å². The van der Waals surface area contributed by atoms with Crippen LogP contribution in [0.4, 0.5) is 5.82 Å². The van der Waals surface area contributed by atoms with Crippen LogP contribution in [0.5, 0.6) is 5.75 Å². The summed E-state index contributed by atoms with van der Waals surface area (Å²) in [5.41, 5.74) is 2.45. The third-order valence-electron chi connectivity index (χ3n) is 4.51. The molecule has 0 unspecified atom stereocenters. The molecule has 4 rings (SSSR count). The van der Waals surface area contributed by atoms with Crippen LogP contribution in [0.1, 0.15) is 29.6 Å². The average Bonchev–Trinajstić information content (AvgIpc) is 3.37. The van der Waals surface area contributed by atoms with Crippen LogP contribution in [0.2, 0.25) is 0 Å². The summed E-state index contributed by atoms with van der Waals surface area (Å²) in [4.78, 5) is 20.9. The zero-order valence-electron chi connectivity index (χ0n) is 14.7. The number of imidazole rings is 1. The lowest BCUT2D eigenvalue weighted by Gasteiger charge is -2.09. The lowest BCUT2D eigenvalue weighted by molar-refractivity contribution is 0.0948. The van der Waals surface area contributed by atoms with E-state index >= 15 is 0 Å². The van der Waals surface area contributed by atoms with E-state index in [0.29, 0.717) is 24.4 Å². The molecule has 0 spiro atoms. The Bertz CT molecular complexity index is 981. The molecule has 1 amide bonds. The van der Waals surface area contributed by atoms with Crippen molar-refractivity contribution in [2.24, 2.45) is 0 Å². The van der Waals surface area contributed by atoms with Crippen LogP contribution in [0.15, 0.2) is 36.8 Å². The van der Waals surface area contributed by atoms with E-state index in [2.05, 4.69) is 20.6 Å². The molecule has 0 atom stereocenters. The average molecular weight is 367 g/mol. The van der Waals surface area contributed by atoms with Crippen molar-refractivity contribution in [1.82, 2.24) is 19.7 Å². The molecule has 3 aromatic rings. The first-order valence-electron chi connectivity index (χ1n) is 8.98. The highest BCUT2D eigenvalue weighted by molar-refractivity contribution is 5.97. The standard InChI is InChI=1S/C19H21N5O3/c25-9-1-6-20-17-18-22-11-15(24(18)8-7-21-17)12-2-5-14(16(26)10-12)19(27)23-13-3-4-13/h2,5,7-8,10-11,13,25-26H,1,3-4,6,9H2,(H,20,21)(H,23,27). The fraction of sp³-hybridized carbons (Fsp3) is 0.316. The zero-order chi connectivity index (χ0) is 18.8. The number of amides is 1. The summed E-state index contributed by atoms with van der Waals surface area (Å²) >= 11 is 0. The molecule has 1 aliphatic carbocycles. The number of aromatic hydroxyl groups is 1. The first-order valence-corrected chi connectivity index (χ1v) is 8.98. The number of anilines is 1. The van der Waals surface area contributed by atoms with Gasteiger partial charge in [-0.1, -0.05) is 6.07 Å². The Morgan fingerprint density at radius 2 is 2.15 bits per heavy atom. The minimum atomic E-state index is -0.251. The van der Waals surface area contributed by atoms with Crippen LogP contribution >= 0.6 is 0 Å². The van der Waals surface area contributed by atoms with E-state index in [0.717, 1.165) is 24.1 Å². The highest BCUT2D eigenvalue weighted by Crippen LogP contribution is 2.29. The van der Waals surface area contributed by atoms with Gasteiger partial charge in [-0.3, -0.25) is 9.20 Å². The number of fused-ring (bicyclic) bond motifs is 1. The normalized spacial score (nSPS) is 13.7. The summed E-state index contributed by atoms with van der Waals surface area (Å²) < 4.78 is 1.87. The van der Waals surface area contributed by atoms with E-state index in [1.807, 2.05) is 4.40 Å². The van der Waals surface area contributed by atoms with Gasteiger partial charge in [0.25, 0.3) is 5.91 Å². The van der Waals surface area contributed by atoms with Crippen molar-refractivity contribution >= 4 is 17.4 Å². The molecule has 0 saturated heterocycles. The Kier molecular flexibility index (Phi) is 4.64. The number of carbonyl (C=O) groups is 1. The van der Waals surface area contributed by atoms with Gasteiger partial charge in [0.2, 0.25) is 0 Å². The van der Waals surface area contributed by atoms with Crippen LogP contribution in [0.3, 0.4) is 0 Å². The Labute approximate surface area is 155 Å². The number of phenolic OH excluding ortho intramolecular Hbond substituents is 1. The fourth-order valence-corrected chi connectivity index (χ4v) is 2.92. The number of hydrogen-bond donors (Lipinski definition) is 4. The maximum atomic E-state index is 12.2. The molecule has 27 heavy (non-hydrogen) atoms. The summed E-state index contributed by atoms with van der Waals surface area (Å²) in [6.45, 7) is 0.701. The van der Waals surface area contributed by atoms with Gasteiger partial charge in [0.1, 0.15) is 5.75 Å². The highest BCUT2D eigenvalue weighted by atomic mass is 16.3. The number of aliphatic hydroxyl groups is 1. The van der Waals surface area contributed by atoms with E-state index in [9.17, 15) is 9.90 Å². The highest BCUT2D eigenvalue weighted by Gasteiger charge is 2.25.